The molecule has 2 atom stereocenters. The molecule has 1 aliphatic rings. The Morgan fingerprint density at radius 2 is 2.12 bits per heavy atom. The van der Waals surface area contributed by atoms with Crippen molar-refractivity contribution < 1.29 is 31.9 Å². The molecule has 0 bridgehead atoms. The first-order valence-corrected chi connectivity index (χ1v) is 8.00. The van der Waals surface area contributed by atoms with E-state index in [9.17, 15) is 22.0 Å². The van der Waals surface area contributed by atoms with Crippen LogP contribution < -0.4 is 10.6 Å². The van der Waals surface area contributed by atoms with Gasteiger partial charge in [-0.2, -0.15) is 13.2 Å². The molecule has 144 valence electrons. The average Bonchev–Trinajstić information content (AvgIpc) is 2.83. The van der Waals surface area contributed by atoms with Gasteiger partial charge in [-0.3, -0.25) is 0 Å². The second kappa shape index (κ2) is 8.12. The highest BCUT2D eigenvalue weighted by molar-refractivity contribution is 9.10. The molecule has 2 aromatic heterocycles. The van der Waals surface area contributed by atoms with Crippen LogP contribution in [0, 0.1) is 5.82 Å². The third kappa shape index (κ3) is 5.00. The maximum absolute atomic E-state index is 13.7. The van der Waals surface area contributed by atoms with Crippen LogP contribution in [-0.4, -0.2) is 57.2 Å². The van der Waals surface area contributed by atoms with E-state index in [1.54, 1.807) is 0 Å². The molecule has 0 radical (unpaired) electrons. The Morgan fingerprint density at radius 1 is 1.46 bits per heavy atom. The number of halogens is 6. The number of rotatable bonds is 2. The molecule has 7 nitrogen and oxygen atoms in total. The standard InChI is InChI=1S/C11H12BrF2N5.C2HF3O2/c12-10-3-6(13)9-5-16-11(18-19(9)10)17-8-1-2-15-4-7(8)14;3-2(4,5)1(6)7/h3,5,7-8,15H,1-2,4H2,(H,17,18);(H,6,7)/t7-,8-;/m1./s1. The minimum Gasteiger partial charge on any atom is -0.475 e. The maximum Gasteiger partial charge on any atom is 0.490 e. The van der Waals surface area contributed by atoms with E-state index in [0.717, 1.165) is 6.54 Å². The highest BCUT2D eigenvalue weighted by Gasteiger charge is 2.38. The number of alkyl halides is 4. The first-order chi connectivity index (χ1) is 12.1. The van der Waals surface area contributed by atoms with E-state index in [2.05, 4.69) is 36.6 Å². The van der Waals surface area contributed by atoms with Gasteiger partial charge in [0.05, 0.1) is 12.2 Å². The van der Waals surface area contributed by atoms with Gasteiger partial charge >= 0.3 is 12.1 Å². The average molecular weight is 446 g/mol. The van der Waals surface area contributed by atoms with Crippen molar-refractivity contribution in [2.45, 2.75) is 24.8 Å². The number of carbonyl (C=O) groups is 1. The van der Waals surface area contributed by atoms with Gasteiger partial charge in [0.15, 0.2) is 5.82 Å². The summed E-state index contributed by atoms with van der Waals surface area (Å²) in [6.07, 6.45) is -4.04. The molecule has 0 unspecified atom stereocenters. The minimum absolute atomic E-state index is 0.277. The number of piperidine rings is 1. The zero-order valence-electron chi connectivity index (χ0n) is 12.9. The molecule has 26 heavy (non-hydrogen) atoms. The van der Waals surface area contributed by atoms with Crippen molar-refractivity contribution in [1.82, 2.24) is 19.9 Å². The molecule has 1 fully saturated rings. The summed E-state index contributed by atoms with van der Waals surface area (Å²) >= 11 is 3.21. The topological polar surface area (TPSA) is 91.5 Å². The van der Waals surface area contributed by atoms with Crippen LogP contribution in [0.1, 0.15) is 6.42 Å². The molecule has 1 saturated heterocycles. The number of hydrogen-bond acceptors (Lipinski definition) is 5. The zero-order chi connectivity index (χ0) is 19.5. The number of nitrogens with zero attached hydrogens (tertiary/aromatic N) is 3. The molecule has 0 aromatic carbocycles. The Labute approximate surface area is 151 Å². The van der Waals surface area contributed by atoms with E-state index in [4.69, 9.17) is 9.90 Å². The first kappa shape index (κ1) is 20.3. The Bertz CT molecular complexity index is 784. The van der Waals surface area contributed by atoms with Crippen molar-refractivity contribution >= 4 is 33.4 Å². The molecule has 3 N–H and O–H groups in total. The lowest BCUT2D eigenvalue weighted by molar-refractivity contribution is -0.192. The van der Waals surface area contributed by atoms with Crippen LogP contribution >= 0.6 is 15.9 Å². The highest BCUT2D eigenvalue weighted by atomic mass is 79.9. The summed E-state index contributed by atoms with van der Waals surface area (Å²) in [7, 11) is 0. The zero-order valence-corrected chi connectivity index (χ0v) is 14.5. The summed E-state index contributed by atoms with van der Waals surface area (Å²) in [5, 5.41) is 17.2. The summed E-state index contributed by atoms with van der Waals surface area (Å²) < 4.78 is 60.7. The van der Waals surface area contributed by atoms with E-state index in [1.807, 2.05) is 0 Å². The molecule has 3 heterocycles. The predicted octanol–water partition coefficient (Wildman–Crippen LogP) is 2.38. The van der Waals surface area contributed by atoms with E-state index in [1.165, 1.54) is 16.8 Å². The van der Waals surface area contributed by atoms with E-state index in [-0.39, 0.29) is 11.6 Å². The normalized spacial score (nSPS) is 20.4. The SMILES string of the molecule is Fc1cc(Br)n2nc(N[C@@H]3CCNC[C@H]3F)ncc12.O=C(O)C(F)(F)F. The molecule has 0 saturated carbocycles. The number of aliphatic carboxylic acids is 1. The number of carboxylic acids is 1. The predicted molar refractivity (Wildman–Crippen MR) is 84.1 cm³/mol. The van der Waals surface area contributed by atoms with Gasteiger partial charge in [0, 0.05) is 12.6 Å². The third-order valence-electron chi connectivity index (χ3n) is 3.39. The van der Waals surface area contributed by atoms with Crippen LogP contribution in [0.15, 0.2) is 16.9 Å². The van der Waals surface area contributed by atoms with Gasteiger partial charge in [0.1, 0.15) is 16.3 Å². The van der Waals surface area contributed by atoms with Crippen molar-refractivity contribution in [2.75, 3.05) is 18.4 Å². The van der Waals surface area contributed by atoms with Crippen LogP contribution in [-0.2, 0) is 4.79 Å². The van der Waals surface area contributed by atoms with E-state index in [0.29, 0.717) is 23.5 Å². The van der Waals surface area contributed by atoms with Crippen molar-refractivity contribution in [3.8, 4) is 0 Å². The van der Waals surface area contributed by atoms with Gasteiger partial charge in [-0.1, -0.05) is 0 Å². The van der Waals surface area contributed by atoms with Crippen molar-refractivity contribution in [3.63, 3.8) is 0 Å². The van der Waals surface area contributed by atoms with E-state index < -0.39 is 24.1 Å². The third-order valence-corrected chi connectivity index (χ3v) is 3.95. The molecule has 2 aromatic rings. The van der Waals surface area contributed by atoms with Crippen LogP contribution in [0.2, 0.25) is 0 Å². The molecule has 0 spiro atoms. The van der Waals surface area contributed by atoms with Crippen molar-refractivity contribution in [3.05, 3.63) is 22.7 Å². The fourth-order valence-electron chi connectivity index (χ4n) is 2.13. The Balaban J connectivity index is 0.000000298. The fourth-order valence-corrected chi connectivity index (χ4v) is 2.60. The number of carboxylic acid groups (broad SMARTS) is 1. The molecule has 13 heteroatoms. The Kier molecular flexibility index (Phi) is 6.34. The molecule has 1 aliphatic heterocycles. The number of aromatic nitrogens is 3. The van der Waals surface area contributed by atoms with Gasteiger partial charge in [0.25, 0.3) is 0 Å². The van der Waals surface area contributed by atoms with Crippen molar-refractivity contribution in [1.29, 1.82) is 0 Å². The smallest absolute Gasteiger partial charge is 0.475 e. The molecule has 0 amide bonds. The van der Waals surface area contributed by atoms with Gasteiger partial charge in [0.2, 0.25) is 5.95 Å². The fraction of sp³-hybridized carbons (Fsp3) is 0.462. The highest BCUT2D eigenvalue weighted by Crippen LogP contribution is 2.20. The van der Waals surface area contributed by atoms with Crippen LogP contribution in [0.4, 0.5) is 27.9 Å². The lowest BCUT2D eigenvalue weighted by Gasteiger charge is -2.27. The first-order valence-electron chi connectivity index (χ1n) is 7.21. The van der Waals surface area contributed by atoms with Gasteiger partial charge < -0.3 is 15.7 Å². The summed E-state index contributed by atoms with van der Waals surface area (Å²) in [5.41, 5.74) is 0.277. The number of anilines is 1. The summed E-state index contributed by atoms with van der Waals surface area (Å²) in [4.78, 5) is 12.9. The largest absolute Gasteiger partial charge is 0.490 e. The summed E-state index contributed by atoms with van der Waals surface area (Å²) in [6.45, 7) is 1.07. The molecule has 3 rings (SSSR count). The number of fused-ring (bicyclic) bond motifs is 1. The van der Waals surface area contributed by atoms with Crippen LogP contribution in [0.5, 0.6) is 0 Å². The Hall–Kier alpha value is -2.02. The monoisotopic (exact) mass is 445 g/mol. The van der Waals surface area contributed by atoms with Crippen LogP contribution in [0.3, 0.4) is 0 Å². The second-order valence-corrected chi connectivity index (χ2v) is 6.07. The minimum atomic E-state index is -5.08. The maximum atomic E-state index is 13.7. The van der Waals surface area contributed by atoms with Gasteiger partial charge in [-0.25, -0.2) is 23.1 Å². The lowest BCUT2D eigenvalue weighted by atomic mass is 10.1. The van der Waals surface area contributed by atoms with E-state index >= 15 is 0 Å². The van der Waals surface area contributed by atoms with Gasteiger partial charge in [-0.05, 0) is 28.9 Å². The lowest BCUT2D eigenvalue weighted by Crippen LogP contribution is -2.45. The summed E-state index contributed by atoms with van der Waals surface area (Å²) in [5.74, 6) is -2.87. The summed E-state index contributed by atoms with van der Waals surface area (Å²) in [6, 6.07) is 0.994. The van der Waals surface area contributed by atoms with Crippen LogP contribution in [0.25, 0.3) is 5.52 Å². The molecular weight excluding hydrogens is 433 g/mol. The van der Waals surface area contributed by atoms with Crippen molar-refractivity contribution in [2.24, 2.45) is 0 Å². The number of hydrogen-bond donors (Lipinski definition) is 3. The quantitative estimate of drug-likeness (QED) is 0.614. The van der Waals surface area contributed by atoms with Gasteiger partial charge in [-0.15, -0.1) is 5.10 Å². The molecular formula is C13H13BrF5N5O2. The number of nitrogens with one attached hydrogen (secondary N) is 2. The Morgan fingerprint density at radius 3 is 2.69 bits per heavy atom. The molecule has 0 aliphatic carbocycles. The second-order valence-electron chi connectivity index (χ2n) is 5.26.